The van der Waals surface area contributed by atoms with Crippen molar-refractivity contribution < 1.29 is 14.0 Å². The third-order valence-corrected chi connectivity index (χ3v) is 4.57. The summed E-state index contributed by atoms with van der Waals surface area (Å²) in [5, 5.41) is 7.39. The molecule has 2 aromatic carbocycles. The standard InChI is InChI=1S/C20H18FN3O2S/c21-16-8-6-15(7-9-16)19(25)24-18(10-14-4-2-1-3-5-14)20(26)22-11-17-12-27-13-23-17/h1-9,12-13,18H,10-11H2,(H,22,26)(H,24,25)/t18-/m1/s1. The van der Waals surface area contributed by atoms with Crippen molar-refractivity contribution in [1.82, 2.24) is 15.6 Å². The summed E-state index contributed by atoms with van der Waals surface area (Å²) >= 11 is 1.45. The summed E-state index contributed by atoms with van der Waals surface area (Å²) in [6.07, 6.45) is 0.344. The predicted molar refractivity (Wildman–Crippen MR) is 102 cm³/mol. The van der Waals surface area contributed by atoms with E-state index >= 15 is 0 Å². The van der Waals surface area contributed by atoms with Gasteiger partial charge in [0.2, 0.25) is 5.91 Å². The lowest BCUT2D eigenvalue weighted by atomic mass is 10.0. The molecule has 0 unspecified atom stereocenters. The van der Waals surface area contributed by atoms with Gasteiger partial charge in [-0.25, -0.2) is 9.37 Å². The maximum atomic E-state index is 13.1. The van der Waals surface area contributed by atoms with Gasteiger partial charge in [0.15, 0.2) is 0 Å². The summed E-state index contributed by atoms with van der Waals surface area (Å²) < 4.78 is 13.1. The first-order chi connectivity index (χ1) is 13.1. The number of carbonyl (C=O) groups is 2. The average Bonchev–Trinajstić information content (AvgIpc) is 3.20. The molecule has 1 atom stereocenters. The van der Waals surface area contributed by atoms with Crippen LogP contribution in [0.1, 0.15) is 21.6 Å². The molecule has 7 heteroatoms. The van der Waals surface area contributed by atoms with Crippen molar-refractivity contribution in [3.8, 4) is 0 Å². The summed E-state index contributed by atoms with van der Waals surface area (Å²) in [6.45, 7) is 0.292. The molecular formula is C20H18FN3O2S. The van der Waals surface area contributed by atoms with Crippen LogP contribution in [0.5, 0.6) is 0 Å². The number of nitrogens with one attached hydrogen (secondary N) is 2. The van der Waals surface area contributed by atoms with E-state index in [-0.39, 0.29) is 5.91 Å². The van der Waals surface area contributed by atoms with E-state index in [9.17, 15) is 14.0 Å². The van der Waals surface area contributed by atoms with Crippen molar-refractivity contribution in [2.45, 2.75) is 19.0 Å². The van der Waals surface area contributed by atoms with Gasteiger partial charge in [-0.2, -0.15) is 0 Å². The van der Waals surface area contributed by atoms with Crippen molar-refractivity contribution in [3.63, 3.8) is 0 Å². The van der Waals surface area contributed by atoms with Crippen LogP contribution in [-0.2, 0) is 17.8 Å². The highest BCUT2D eigenvalue weighted by molar-refractivity contribution is 7.07. The zero-order chi connectivity index (χ0) is 19.1. The Hall–Kier alpha value is -3.06. The van der Waals surface area contributed by atoms with Crippen molar-refractivity contribution in [1.29, 1.82) is 0 Å². The van der Waals surface area contributed by atoms with Crippen LogP contribution in [0.25, 0.3) is 0 Å². The Labute approximate surface area is 160 Å². The number of rotatable bonds is 7. The van der Waals surface area contributed by atoms with Crippen LogP contribution in [0, 0.1) is 5.82 Å². The van der Waals surface area contributed by atoms with Gasteiger partial charge in [-0.3, -0.25) is 9.59 Å². The minimum atomic E-state index is -0.761. The molecule has 0 saturated carbocycles. The van der Waals surface area contributed by atoms with E-state index in [2.05, 4.69) is 15.6 Å². The van der Waals surface area contributed by atoms with Crippen LogP contribution in [0.4, 0.5) is 4.39 Å². The molecule has 2 amide bonds. The molecule has 0 saturated heterocycles. The van der Waals surface area contributed by atoms with Crippen LogP contribution < -0.4 is 10.6 Å². The van der Waals surface area contributed by atoms with Gasteiger partial charge < -0.3 is 10.6 Å². The molecule has 0 aliphatic rings. The smallest absolute Gasteiger partial charge is 0.251 e. The minimum Gasteiger partial charge on any atom is -0.349 e. The van der Waals surface area contributed by atoms with Gasteiger partial charge in [-0.1, -0.05) is 30.3 Å². The monoisotopic (exact) mass is 383 g/mol. The van der Waals surface area contributed by atoms with Crippen LogP contribution in [0.15, 0.2) is 65.5 Å². The molecule has 1 heterocycles. The molecule has 5 nitrogen and oxygen atoms in total. The largest absolute Gasteiger partial charge is 0.349 e. The summed E-state index contributed by atoms with van der Waals surface area (Å²) in [6, 6.07) is 13.9. The maximum Gasteiger partial charge on any atom is 0.251 e. The number of halogens is 1. The molecule has 138 valence electrons. The van der Waals surface area contributed by atoms with Crippen LogP contribution >= 0.6 is 11.3 Å². The second-order valence-electron chi connectivity index (χ2n) is 5.92. The molecule has 2 N–H and O–H groups in total. The number of benzene rings is 2. The van der Waals surface area contributed by atoms with Crippen LogP contribution in [0.2, 0.25) is 0 Å². The Bertz CT molecular complexity index is 883. The summed E-state index contributed by atoms with van der Waals surface area (Å²) in [5.41, 5.74) is 3.67. The lowest BCUT2D eigenvalue weighted by Gasteiger charge is -2.18. The fourth-order valence-corrected chi connectivity index (χ4v) is 3.09. The van der Waals surface area contributed by atoms with Gasteiger partial charge >= 0.3 is 0 Å². The highest BCUT2D eigenvalue weighted by Crippen LogP contribution is 2.07. The van der Waals surface area contributed by atoms with Crippen molar-refractivity contribution in [2.75, 3.05) is 0 Å². The molecule has 0 aliphatic heterocycles. The first kappa shape index (κ1) is 18.7. The number of hydrogen-bond donors (Lipinski definition) is 2. The minimum absolute atomic E-state index is 0.292. The summed E-state index contributed by atoms with van der Waals surface area (Å²) in [5.74, 6) is -1.16. The highest BCUT2D eigenvalue weighted by atomic mass is 32.1. The predicted octanol–water partition coefficient (Wildman–Crippen LogP) is 2.94. The van der Waals surface area contributed by atoms with Crippen molar-refractivity contribution >= 4 is 23.2 Å². The number of nitrogens with zero attached hydrogens (tertiary/aromatic N) is 1. The molecule has 3 aromatic rings. The van der Waals surface area contributed by atoms with E-state index in [1.54, 1.807) is 5.51 Å². The van der Waals surface area contributed by atoms with E-state index in [0.717, 1.165) is 11.3 Å². The Morgan fingerprint density at radius 2 is 1.81 bits per heavy atom. The van der Waals surface area contributed by atoms with Gasteiger partial charge in [-0.15, -0.1) is 11.3 Å². The number of aromatic nitrogens is 1. The zero-order valence-electron chi connectivity index (χ0n) is 14.4. The Kier molecular flexibility index (Phi) is 6.27. The van der Waals surface area contributed by atoms with Crippen molar-refractivity contribution in [2.24, 2.45) is 0 Å². The van der Waals surface area contributed by atoms with Crippen molar-refractivity contribution in [3.05, 3.63) is 88.1 Å². The second kappa shape index (κ2) is 9.05. The SMILES string of the molecule is O=C(N[C@H](Cc1ccccc1)C(=O)NCc1cscn1)c1ccc(F)cc1. The number of thiazole rings is 1. The van der Waals surface area contributed by atoms with E-state index in [0.29, 0.717) is 18.5 Å². The van der Waals surface area contributed by atoms with Gasteiger partial charge in [-0.05, 0) is 29.8 Å². The molecule has 0 aliphatic carbocycles. The normalized spacial score (nSPS) is 11.6. The van der Waals surface area contributed by atoms with Crippen LogP contribution in [0.3, 0.4) is 0 Å². The molecule has 0 spiro atoms. The third kappa shape index (κ3) is 5.46. The molecule has 0 bridgehead atoms. The van der Waals surface area contributed by atoms with E-state index in [1.807, 2.05) is 35.7 Å². The summed E-state index contributed by atoms with van der Waals surface area (Å²) in [7, 11) is 0. The number of amides is 2. The molecule has 3 rings (SSSR count). The first-order valence-electron chi connectivity index (χ1n) is 8.37. The molecule has 27 heavy (non-hydrogen) atoms. The van der Waals surface area contributed by atoms with E-state index in [4.69, 9.17) is 0 Å². The highest BCUT2D eigenvalue weighted by Gasteiger charge is 2.22. The van der Waals surface area contributed by atoms with Gasteiger partial charge in [0.1, 0.15) is 11.9 Å². The number of hydrogen-bond acceptors (Lipinski definition) is 4. The lowest BCUT2D eigenvalue weighted by Crippen LogP contribution is -2.47. The topological polar surface area (TPSA) is 71.1 Å². The lowest BCUT2D eigenvalue weighted by molar-refractivity contribution is -0.123. The zero-order valence-corrected chi connectivity index (χ0v) is 15.2. The Morgan fingerprint density at radius 1 is 1.07 bits per heavy atom. The molecule has 0 radical (unpaired) electrons. The maximum absolute atomic E-state index is 13.1. The van der Waals surface area contributed by atoms with Gasteiger partial charge in [0.05, 0.1) is 17.7 Å². The average molecular weight is 383 g/mol. The fraction of sp³-hybridized carbons (Fsp3) is 0.150. The van der Waals surface area contributed by atoms with E-state index in [1.165, 1.54) is 35.6 Å². The third-order valence-electron chi connectivity index (χ3n) is 3.94. The molecular weight excluding hydrogens is 365 g/mol. The Morgan fingerprint density at radius 3 is 2.48 bits per heavy atom. The van der Waals surface area contributed by atoms with Crippen LogP contribution in [-0.4, -0.2) is 22.8 Å². The van der Waals surface area contributed by atoms with Gasteiger partial charge in [0.25, 0.3) is 5.91 Å². The van der Waals surface area contributed by atoms with Gasteiger partial charge in [0, 0.05) is 17.4 Å². The molecule has 0 fully saturated rings. The second-order valence-corrected chi connectivity index (χ2v) is 6.64. The molecule has 1 aromatic heterocycles. The quantitative estimate of drug-likeness (QED) is 0.659. The first-order valence-corrected chi connectivity index (χ1v) is 9.31. The fourth-order valence-electron chi connectivity index (χ4n) is 2.53. The number of carbonyl (C=O) groups excluding carboxylic acids is 2. The Balaban J connectivity index is 1.70. The van der Waals surface area contributed by atoms with E-state index < -0.39 is 17.8 Å². The summed E-state index contributed by atoms with van der Waals surface area (Å²) in [4.78, 5) is 29.3.